The Balaban J connectivity index is 2.32. The molecule has 5 heteroatoms. The summed E-state index contributed by atoms with van der Waals surface area (Å²) in [4.78, 5) is 0.107. The lowest BCUT2D eigenvalue weighted by molar-refractivity contribution is 0.392. The van der Waals surface area contributed by atoms with E-state index in [-0.39, 0.29) is 10.9 Å². The molecular weight excluding hydrogens is 289 g/mol. The Hall–Kier alpha value is -0.940. The van der Waals surface area contributed by atoms with E-state index < -0.39 is 20.9 Å². The van der Waals surface area contributed by atoms with Gasteiger partial charge in [-0.15, -0.1) is 0 Å². The van der Waals surface area contributed by atoms with Crippen LogP contribution >= 0.6 is 0 Å². The van der Waals surface area contributed by atoms with Crippen LogP contribution in [0, 0.1) is 5.82 Å². The van der Waals surface area contributed by atoms with Crippen LogP contribution in [0.15, 0.2) is 29.2 Å². The second-order valence-electron chi connectivity index (χ2n) is 5.70. The molecule has 0 aromatic heterocycles. The van der Waals surface area contributed by atoms with E-state index in [9.17, 15) is 12.8 Å². The predicted octanol–water partition coefficient (Wildman–Crippen LogP) is 3.30. The van der Waals surface area contributed by atoms with Crippen LogP contribution in [-0.4, -0.2) is 26.3 Å². The highest BCUT2D eigenvalue weighted by atomic mass is 32.2. The van der Waals surface area contributed by atoms with Gasteiger partial charge in [-0.2, -0.15) is 0 Å². The van der Waals surface area contributed by atoms with Gasteiger partial charge < -0.3 is 5.32 Å². The summed E-state index contributed by atoms with van der Waals surface area (Å²) in [6.07, 6.45) is 5.72. The number of halogens is 1. The normalized spacial score (nSPS) is 24.3. The monoisotopic (exact) mass is 313 g/mol. The number of benzene rings is 1. The Morgan fingerprint density at radius 2 is 1.90 bits per heavy atom. The molecule has 3 nitrogen and oxygen atoms in total. The number of hydrogen-bond acceptors (Lipinski definition) is 3. The first kappa shape index (κ1) is 16.4. The summed E-state index contributed by atoms with van der Waals surface area (Å²) >= 11 is 0. The molecule has 1 aromatic rings. The van der Waals surface area contributed by atoms with Crippen molar-refractivity contribution in [3.8, 4) is 0 Å². The van der Waals surface area contributed by atoms with Crippen LogP contribution < -0.4 is 5.32 Å². The van der Waals surface area contributed by atoms with Crippen LogP contribution in [0.25, 0.3) is 0 Å². The largest absolute Gasteiger partial charge is 0.313 e. The van der Waals surface area contributed by atoms with Crippen LogP contribution in [0.4, 0.5) is 4.39 Å². The maximum Gasteiger partial charge on any atom is 0.182 e. The Bertz CT molecular complexity index is 559. The summed E-state index contributed by atoms with van der Waals surface area (Å²) < 4.78 is 39.1. The summed E-state index contributed by atoms with van der Waals surface area (Å²) in [7, 11) is -3.50. The molecule has 2 rings (SSSR count). The zero-order chi connectivity index (χ0) is 15.3. The molecule has 0 aliphatic heterocycles. The van der Waals surface area contributed by atoms with Gasteiger partial charge >= 0.3 is 0 Å². The molecule has 1 aliphatic rings. The summed E-state index contributed by atoms with van der Waals surface area (Å²) in [6, 6.07) is 5.34. The molecule has 0 bridgehead atoms. The average Bonchev–Trinajstić information content (AvgIpc) is 2.42. The van der Waals surface area contributed by atoms with Gasteiger partial charge in [0.05, 0.1) is 10.1 Å². The van der Waals surface area contributed by atoms with Crippen molar-refractivity contribution in [2.45, 2.75) is 61.6 Å². The van der Waals surface area contributed by atoms with Gasteiger partial charge in [0.2, 0.25) is 0 Å². The van der Waals surface area contributed by atoms with Crippen LogP contribution in [0.2, 0.25) is 0 Å². The fourth-order valence-corrected chi connectivity index (χ4v) is 5.17. The summed E-state index contributed by atoms with van der Waals surface area (Å²) in [6.45, 7) is 2.74. The zero-order valence-corrected chi connectivity index (χ0v) is 13.3. The predicted molar refractivity (Wildman–Crippen MR) is 82.5 cm³/mol. The van der Waals surface area contributed by atoms with Gasteiger partial charge in [-0.3, -0.25) is 0 Å². The molecule has 1 aliphatic carbocycles. The van der Waals surface area contributed by atoms with E-state index in [2.05, 4.69) is 5.32 Å². The maximum atomic E-state index is 13.4. The van der Waals surface area contributed by atoms with Crippen LogP contribution in [0.3, 0.4) is 0 Å². The topological polar surface area (TPSA) is 46.2 Å². The van der Waals surface area contributed by atoms with E-state index in [0.29, 0.717) is 6.42 Å². The molecule has 0 heterocycles. The quantitative estimate of drug-likeness (QED) is 0.927. The van der Waals surface area contributed by atoms with Gasteiger partial charge in [-0.1, -0.05) is 38.7 Å². The first-order valence-corrected chi connectivity index (χ1v) is 9.33. The van der Waals surface area contributed by atoms with E-state index in [4.69, 9.17) is 0 Å². The molecule has 1 saturated carbocycles. The highest BCUT2D eigenvalue weighted by Gasteiger charge is 2.34. The van der Waals surface area contributed by atoms with E-state index in [1.807, 2.05) is 6.92 Å². The molecular formula is C16H24FNO2S. The van der Waals surface area contributed by atoms with E-state index >= 15 is 0 Å². The van der Waals surface area contributed by atoms with Gasteiger partial charge in [0.15, 0.2) is 9.84 Å². The lowest BCUT2D eigenvalue weighted by atomic mass is 9.96. The number of rotatable bonds is 4. The molecule has 0 saturated heterocycles. The van der Waals surface area contributed by atoms with Gasteiger partial charge in [-0.25, -0.2) is 12.8 Å². The van der Waals surface area contributed by atoms with Crippen molar-refractivity contribution >= 4 is 9.84 Å². The summed E-state index contributed by atoms with van der Waals surface area (Å²) in [5.41, 5.74) is 0. The van der Waals surface area contributed by atoms with Crippen molar-refractivity contribution in [2.24, 2.45) is 0 Å². The average molecular weight is 313 g/mol. The van der Waals surface area contributed by atoms with E-state index in [1.165, 1.54) is 18.2 Å². The van der Waals surface area contributed by atoms with Crippen molar-refractivity contribution in [1.29, 1.82) is 0 Å². The van der Waals surface area contributed by atoms with Crippen molar-refractivity contribution in [3.63, 3.8) is 0 Å². The summed E-state index contributed by atoms with van der Waals surface area (Å²) in [5, 5.41) is 2.86. The van der Waals surface area contributed by atoms with Crippen molar-refractivity contribution < 1.29 is 12.8 Å². The SMILES string of the molecule is CCNC1CCCCCCC1S(=O)(=O)c1cccc(F)c1. The fraction of sp³-hybridized carbons (Fsp3) is 0.625. The van der Waals surface area contributed by atoms with Gasteiger partial charge in [0, 0.05) is 6.04 Å². The second-order valence-corrected chi connectivity index (χ2v) is 7.86. The molecule has 1 aromatic carbocycles. The first-order valence-electron chi connectivity index (χ1n) is 7.78. The van der Waals surface area contributed by atoms with E-state index in [0.717, 1.165) is 44.7 Å². The highest BCUT2D eigenvalue weighted by Crippen LogP contribution is 2.28. The lowest BCUT2D eigenvalue weighted by Crippen LogP contribution is -2.44. The summed E-state index contributed by atoms with van der Waals surface area (Å²) in [5.74, 6) is -0.498. The van der Waals surface area contributed by atoms with Gasteiger partial charge in [-0.05, 0) is 37.6 Å². The Kier molecular flexibility index (Phi) is 5.76. The lowest BCUT2D eigenvalue weighted by Gasteiger charge is -2.29. The minimum absolute atomic E-state index is 0.0384. The molecule has 1 N–H and O–H groups in total. The molecule has 21 heavy (non-hydrogen) atoms. The highest BCUT2D eigenvalue weighted by molar-refractivity contribution is 7.92. The van der Waals surface area contributed by atoms with Gasteiger partial charge in [0.25, 0.3) is 0 Å². The molecule has 1 fully saturated rings. The van der Waals surface area contributed by atoms with Gasteiger partial charge in [0.1, 0.15) is 5.82 Å². The van der Waals surface area contributed by atoms with Crippen molar-refractivity contribution in [3.05, 3.63) is 30.1 Å². The smallest absolute Gasteiger partial charge is 0.182 e. The number of hydrogen-bond donors (Lipinski definition) is 1. The molecule has 0 spiro atoms. The Labute approximate surface area is 126 Å². The van der Waals surface area contributed by atoms with Crippen LogP contribution in [-0.2, 0) is 9.84 Å². The Morgan fingerprint density at radius 3 is 2.57 bits per heavy atom. The molecule has 2 unspecified atom stereocenters. The second kappa shape index (κ2) is 7.36. The third-order valence-corrected chi connectivity index (χ3v) is 6.46. The third kappa shape index (κ3) is 4.04. The van der Waals surface area contributed by atoms with E-state index in [1.54, 1.807) is 0 Å². The third-order valence-electron chi connectivity index (χ3n) is 4.19. The minimum atomic E-state index is -3.50. The van der Waals surface area contributed by atoms with Crippen molar-refractivity contribution in [2.75, 3.05) is 6.54 Å². The maximum absolute atomic E-state index is 13.4. The van der Waals surface area contributed by atoms with Crippen molar-refractivity contribution in [1.82, 2.24) is 5.32 Å². The Morgan fingerprint density at radius 1 is 1.19 bits per heavy atom. The molecule has 0 radical (unpaired) electrons. The molecule has 118 valence electrons. The zero-order valence-electron chi connectivity index (χ0n) is 12.5. The molecule has 2 atom stereocenters. The van der Waals surface area contributed by atoms with Crippen LogP contribution in [0.5, 0.6) is 0 Å². The number of sulfone groups is 1. The number of nitrogens with one attached hydrogen (secondary N) is 1. The molecule has 0 amide bonds. The standard InChI is InChI=1S/C16H24FNO2S/c1-2-18-15-10-5-3-4-6-11-16(15)21(19,20)14-9-7-8-13(17)12-14/h7-9,12,15-16,18H,2-6,10-11H2,1H3. The minimum Gasteiger partial charge on any atom is -0.313 e. The van der Waals surface area contributed by atoms with Crippen LogP contribution in [0.1, 0.15) is 45.4 Å². The first-order chi connectivity index (χ1) is 10.1. The fourth-order valence-electron chi connectivity index (χ4n) is 3.14.